The van der Waals surface area contributed by atoms with E-state index in [2.05, 4.69) is 35.1 Å². The lowest BCUT2D eigenvalue weighted by atomic mass is 10.1. The number of pyridine rings is 1. The number of rotatable bonds is 2. The van der Waals surface area contributed by atoms with Gasteiger partial charge in [0.15, 0.2) is 5.58 Å². The lowest BCUT2D eigenvalue weighted by molar-refractivity contribution is -0.115. The standard InChI is InChI=1S/C21H14N2O2S2/c1-2-13-5-3-4-6-14(13)7-8-15-11-22-12-16-9-17(25-19(15)16)10-18-20(24)23-21(26)27-18/h3-6,9-12H,2H2,1H3,(H,23,24,26)/b18-10-. The molecule has 3 aromatic rings. The van der Waals surface area contributed by atoms with Gasteiger partial charge in [-0.15, -0.1) is 0 Å². The fourth-order valence-electron chi connectivity index (χ4n) is 2.78. The van der Waals surface area contributed by atoms with E-state index < -0.39 is 0 Å². The summed E-state index contributed by atoms with van der Waals surface area (Å²) < 4.78 is 6.38. The zero-order valence-corrected chi connectivity index (χ0v) is 16.0. The molecule has 27 heavy (non-hydrogen) atoms. The Balaban J connectivity index is 1.73. The molecular formula is C21H14N2O2S2. The Hall–Kier alpha value is -2.88. The predicted octanol–water partition coefficient (Wildman–Crippen LogP) is 4.28. The number of hydrogen-bond donors (Lipinski definition) is 1. The van der Waals surface area contributed by atoms with Crippen LogP contribution in [0, 0.1) is 11.8 Å². The summed E-state index contributed by atoms with van der Waals surface area (Å²) in [6.45, 7) is 2.11. The van der Waals surface area contributed by atoms with Gasteiger partial charge < -0.3 is 9.73 Å². The topological polar surface area (TPSA) is 55.1 Å². The Morgan fingerprint density at radius 3 is 2.85 bits per heavy atom. The molecule has 1 amide bonds. The molecular weight excluding hydrogens is 376 g/mol. The average Bonchev–Trinajstić information content (AvgIpc) is 3.22. The molecule has 0 radical (unpaired) electrons. The lowest BCUT2D eigenvalue weighted by Gasteiger charge is -1.99. The van der Waals surface area contributed by atoms with Crippen molar-refractivity contribution < 1.29 is 9.21 Å². The second-order valence-electron chi connectivity index (χ2n) is 5.87. The van der Waals surface area contributed by atoms with Crippen molar-refractivity contribution in [3.63, 3.8) is 0 Å². The van der Waals surface area contributed by atoms with Crippen LogP contribution in [0.2, 0.25) is 0 Å². The molecule has 4 rings (SSSR count). The van der Waals surface area contributed by atoms with E-state index in [0.717, 1.165) is 17.4 Å². The summed E-state index contributed by atoms with van der Waals surface area (Å²) in [5, 5.41) is 3.43. The van der Waals surface area contributed by atoms with E-state index in [9.17, 15) is 4.79 Å². The Kier molecular flexibility index (Phi) is 4.80. The normalized spacial score (nSPS) is 15.1. The van der Waals surface area contributed by atoms with Gasteiger partial charge in [0.25, 0.3) is 5.91 Å². The molecule has 1 aromatic carbocycles. The van der Waals surface area contributed by atoms with Crippen molar-refractivity contribution in [2.75, 3.05) is 0 Å². The van der Waals surface area contributed by atoms with Gasteiger partial charge in [0, 0.05) is 29.4 Å². The maximum atomic E-state index is 11.8. The smallest absolute Gasteiger partial charge is 0.263 e. The van der Waals surface area contributed by atoms with Crippen LogP contribution in [-0.4, -0.2) is 15.2 Å². The van der Waals surface area contributed by atoms with Crippen LogP contribution in [0.25, 0.3) is 17.0 Å². The first-order chi connectivity index (χ1) is 13.1. The van der Waals surface area contributed by atoms with Crippen LogP contribution in [-0.2, 0) is 11.2 Å². The summed E-state index contributed by atoms with van der Waals surface area (Å²) >= 11 is 6.23. The summed E-state index contributed by atoms with van der Waals surface area (Å²) in [6.07, 6.45) is 6.02. The van der Waals surface area contributed by atoms with Crippen LogP contribution < -0.4 is 5.32 Å². The number of carbonyl (C=O) groups excluding carboxylic acids is 1. The highest BCUT2D eigenvalue weighted by Crippen LogP contribution is 2.29. The zero-order chi connectivity index (χ0) is 18.8. The maximum absolute atomic E-state index is 11.8. The van der Waals surface area contributed by atoms with Gasteiger partial charge in [-0.25, -0.2) is 0 Å². The highest BCUT2D eigenvalue weighted by atomic mass is 32.2. The monoisotopic (exact) mass is 390 g/mol. The molecule has 132 valence electrons. The number of thiocarbonyl (C=S) groups is 1. The lowest BCUT2D eigenvalue weighted by Crippen LogP contribution is -2.17. The molecule has 0 aliphatic carbocycles. The maximum Gasteiger partial charge on any atom is 0.263 e. The molecule has 1 fully saturated rings. The van der Waals surface area contributed by atoms with Crippen molar-refractivity contribution in [2.45, 2.75) is 13.3 Å². The predicted molar refractivity (Wildman–Crippen MR) is 112 cm³/mol. The summed E-state index contributed by atoms with van der Waals surface area (Å²) in [6, 6.07) is 9.93. The van der Waals surface area contributed by atoms with Crippen LogP contribution in [0.1, 0.15) is 29.4 Å². The SMILES string of the molecule is CCc1ccccc1C#Cc1cncc2cc(/C=C3\SC(=S)NC3=O)oc12. The minimum Gasteiger partial charge on any atom is -0.455 e. The fraction of sp³-hybridized carbons (Fsp3) is 0.0952. The Bertz CT molecular complexity index is 1170. The summed E-state index contributed by atoms with van der Waals surface area (Å²) in [7, 11) is 0. The number of nitrogens with one attached hydrogen (secondary N) is 1. The first-order valence-electron chi connectivity index (χ1n) is 8.36. The van der Waals surface area contributed by atoms with Crippen molar-refractivity contribution >= 4 is 51.3 Å². The Morgan fingerprint density at radius 2 is 2.07 bits per heavy atom. The van der Waals surface area contributed by atoms with E-state index in [0.29, 0.717) is 26.1 Å². The van der Waals surface area contributed by atoms with Crippen molar-refractivity contribution in [3.8, 4) is 11.8 Å². The van der Waals surface area contributed by atoms with Gasteiger partial charge in [0.05, 0.1) is 10.5 Å². The number of hydrogen-bond acceptors (Lipinski definition) is 5. The number of benzene rings is 1. The second-order valence-corrected chi connectivity index (χ2v) is 7.59. The molecule has 6 heteroatoms. The summed E-state index contributed by atoms with van der Waals surface area (Å²) in [5.74, 6) is 6.74. The minimum absolute atomic E-state index is 0.209. The van der Waals surface area contributed by atoms with Gasteiger partial charge in [-0.2, -0.15) is 0 Å². The molecule has 0 atom stereocenters. The second kappa shape index (κ2) is 7.39. The highest BCUT2D eigenvalue weighted by Gasteiger charge is 2.22. The largest absolute Gasteiger partial charge is 0.455 e. The number of aryl methyl sites for hydroxylation is 1. The molecule has 1 N–H and O–H groups in total. The van der Waals surface area contributed by atoms with Gasteiger partial charge >= 0.3 is 0 Å². The van der Waals surface area contributed by atoms with Gasteiger partial charge in [0.1, 0.15) is 10.1 Å². The number of carbonyl (C=O) groups is 1. The molecule has 4 nitrogen and oxygen atoms in total. The third kappa shape index (κ3) is 3.65. The third-order valence-corrected chi connectivity index (χ3v) is 5.25. The van der Waals surface area contributed by atoms with Gasteiger partial charge in [-0.1, -0.05) is 60.9 Å². The van der Waals surface area contributed by atoms with E-state index in [1.54, 1.807) is 18.5 Å². The number of furan rings is 1. The van der Waals surface area contributed by atoms with Gasteiger partial charge in [-0.3, -0.25) is 9.78 Å². The minimum atomic E-state index is -0.209. The number of thioether (sulfide) groups is 1. The van der Waals surface area contributed by atoms with Crippen LogP contribution in [0.4, 0.5) is 0 Å². The Labute approximate surface area is 166 Å². The van der Waals surface area contributed by atoms with Crippen LogP contribution in [0.15, 0.2) is 52.0 Å². The van der Waals surface area contributed by atoms with E-state index in [-0.39, 0.29) is 5.91 Å². The van der Waals surface area contributed by atoms with E-state index in [1.165, 1.54) is 17.3 Å². The van der Waals surface area contributed by atoms with Gasteiger partial charge in [0.2, 0.25) is 0 Å². The van der Waals surface area contributed by atoms with Crippen molar-refractivity contribution in [1.29, 1.82) is 0 Å². The summed E-state index contributed by atoms with van der Waals surface area (Å²) in [5.41, 5.74) is 3.57. The molecule has 2 aromatic heterocycles. The number of aromatic nitrogens is 1. The van der Waals surface area contributed by atoms with Crippen LogP contribution in [0.5, 0.6) is 0 Å². The van der Waals surface area contributed by atoms with E-state index >= 15 is 0 Å². The summed E-state index contributed by atoms with van der Waals surface area (Å²) in [4.78, 5) is 16.6. The Morgan fingerprint density at radius 1 is 1.26 bits per heavy atom. The first-order valence-corrected chi connectivity index (χ1v) is 9.59. The van der Waals surface area contributed by atoms with E-state index in [4.69, 9.17) is 16.6 Å². The molecule has 0 spiro atoms. The quantitative estimate of drug-likeness (QED) is 0.402. The van der Waals surface area contributed by atoms with Crippen molar-refractivity contribution in [3.05, 3.63) is 70.1 Å². The van der Waals surface area contributed by atoms with Crippen molar-refractivity contribution in [2.24, 2.45) is 0 Å². The molecule has 1 aliphatic rings. The van der Waals surface area contributed by atoms with E-state index in [1.807, 2.05) is 24.3 Å². The van der Waals surface area contributed by atoms with Crippen LogP contribution >= 0.6 is 24.0 Å². The molecule has 0 unspecified atom stereocenters. The molecule has 3 heterocycles. The molecule has 0 saturated carbocycles. The fourth-order valence-corrected chi connectivity index (χ4v) is 3.80. The van der Waals surface area contributed by atoms with Crippen LogP contribution in [0.3, 0.4) is 0 Å². The van der Waals surface area contributed by atoms with Gasteiger partial charge in [-0.05, 0) is 24.1 Å². The average molecular weight is 390 g/mol. The zero-order valence-electron chi connectivity index (χ0n) is 14.4. The highest BCUT2D eigenvalue weighted by molar-refractivity contribution is 8.26. The third-order valence-electron chi connectivity index (χ3n) is 4.09. The molecule has 1 aliphatic heterocycles. The number of fused-ring (bicyclic) bond motifs is 1. The molecule has 1 saturated heterocycles. The van der Waals surface area contributed by atoms with Crippen molar-refractivity contribution in [1.82, 2.24) is 10.3 Å². The first kappa shape index (κ1) is 17.5. The molecule has 0 bridgehead atoms. The number of nitrogens with zero attached hydrogens (tertiary/aromatic N) is 1. The number of amides is 1.